The molecule has 1 saturated carbocycles. The molecular weight excluding hydrogens is 509 g/mol. The van der Waals surface area contributed by atoms with Gasteiger partial charge in [0.15, 0.2) is 0 Å². The Hall–Kier alpha value is -2.29. The number of nitrogens with one attached hydrogen (secondary N) is 1. The van der Waals surface area contributed by atoms with Crippen molar-refractivity contribution in [3.05, 3.63) is 64.1 Å². The third kappa shape index (κ3) is 7.35. The van der Waals surface area contributed by atoms with Crippen molar-refractivity contribution in [2.75, 3.05) is 17.1 Å². The van der Waals surface area contributed by atoms with Crippen LogP contribution in [-0.2, 0) is 26.2 Å². The molecule has 2 aromatic carbocycles. The van der Waals surface area contributed by atoms with Gasteiger partial charge in [-0.2, -0.15) is 0 Å². The van der Waals surface area contributed by atoms with Crippen LogP contribution >= 0.6 is 23.2 Å². The first kappa shape index (κ1) is 27.3. The van der Waals surface area contributed by atoms with E-state index in [9.17, 15) is 18.0 Å². The first-order valence-corrected chi connectivity index (χ1v) is 14.3. The predicted octanol–water partition coefficient (Wildman–Crippen LogP) is 4.63. The third-order valence-electron chi connectivity index (χ3n) is 6.18. The summed E-state index contributed by atoms with van der Waals surface area (Å²) < 4.78 is 26.2. The molecule has 0 spiro atoms. The molecule has 1 aliphatic rings. The minimum Gasteiger partial charge on any atom is -0.352 e. The lowest BCUT2D eigenvalue weighted by molar-refractivity contribution is -0.140. The van der Waals surface area contributed by atoms with Gasteiger partial charge in [0.25, 0.3) is 0 Å². The van der Waals surface area contributed by atoms with Gasteiger partial charge in [0.2, 0.25) is 21.8 Å². The van der Waals surface area contributed by atoms with Gasteiger partial charge in [-0.25, -0.2) is 8.42 Å². The van der Waals surface area contributed by atoms with Crippen molar-refractivity contribution < 1.29 is 18.0 Å². The zero-order valence-corrected chi connectivity index (χ0v) is 22.2. The first-order valence-electron chi connectivity index (χ1n) is 11.7. The molecule has 2 amide bonds. The van der Waals surface area contributed by atoms with Crippen LogP contribution < -0.4 is 9.62 Å². The first-order chi connectivity index (χ1) is 16.6. The fraction of sp³-hybridized carbons (Fsp3) is 0.440. The maximum atomic E-state index is 13.7. The number of benzene rings is 2. The Bertz CT molecular complexity index is 1140. The van der Waals surface area contributed by atoms with Gasteiger partial charge in [-0.05, 0) is 55.2 Å². The molecule has 7 nitrogen and oxygen atoms in total. The van der Waals surface area contributed by atoms with Crippen molar-refractivity contribution in [2.45, 2.75) is 57.7 Å². The quantitative estimate of drug-likeness (QED) is 0.476. The highest BCUT2D eigenvalue weighted by Crippen LogP contribution is 2.24. The molecule has 1 aliphatic carbocycles. The van der Waals surface area contributed by atoms with Crippen LogP contribution in [0.15, 0.2) is 48.5 Å². The molecule has 0 aromatic heterocycles. The lowest BCUT2D eigenvalue weighted by Crippen LogP contribution is -2.53. The lowest BCUT2D eigenvalue weighted by Gasteiger charge is -2.33. The third-order valence-corrected chi connectivity index (χ3v) is 7.94. The molecule has 3 rings (SSSR count). The standard InChI is InChI=1S/C25H31Cl2N3O4S/c1-3-23(25(32)28-20-9-5-6-10-20)29(16-18-8-4-7-11-22(18)27)24(31)17-30(35(2,33)34)21-14-12-19(26)13-15-21/h4,7-8,11-15,20,23H,3,5-6,9-10,16-17H2,1-2H3,(H,28,32). The molecule has 1 fully saturated rings. The van der Waals surface area contributed by atoms with Crippen LogP contribution in [0.5, 0.6) is 0 Å². The molecule has 0 radical (unpaired) electrons. The van der Waals surface area contributed by atoms with Crippen LogP contribution in [0.2, 0.25) is 10.0 Å². The van der Waals surface area contributed by atoms with E-state index < -0.39 is 28.5 Å². The maximum Gasteiger partial charge on any atom is 0.244 e. The second kappa shape index (κ2) is 12.1. The smallest absolute Gasteiger partial charge is 0.244 e. The van der Waals surface area contributed by atoms with Crippen molar-refractivity contribution >= 4 is 50.7 Å². The van der Waals surface area contributed by atoms with Gasteiger partial charge in [0.1, 0.15) is 12.6 Å². The summed E-state index contributed by atoms with van der Waals surface area (Å²) in [5.74, 6) is -0.740. The fourth-order valence-corrected chi connectivity index (χ4v) is 5.49. The second-order valence-electron chi connectivity index (χ2n) is 8.77. The molecule has 1 unspecified atom stereocenters. The number of halogens is 2. The van der Waals surface area contributed by atoms with Crippen LogP contribution in [0.3, 0.4) is 0 Å². The Labute approximate surface area is 217 Å². The van der Waals surface area contributed by atoms with E-state index in [1.165, 1.54) is 4.90 Å². The van der Waals surface area contributed by atoms with E-state index >= 15 is 0 Å². The summed E-state index contributed by atoms with van der Waals surface area (Å²) in [6.07, 6.45) is 5.37. The highest BCUT2D eigenvalue weighted by atomic mass is 35.5. The van der Waals surface area contributed by atoms with Gasteiger partial charge in [-0.1, -0.05) is 61.2 Å². The zero-order chi connectivity index (χ0) is 25.6. The highest BCUT2D eigenvalue weighted by Gasteiger charge is 2.33. The summed E-state index contributed by atoms with van der Waals surface area (Å²) in [6.45, 7) is 1.45. The van der Waals surface area contributed by atoms with Crippen molar-refractivity contribution in [1.82, 2.24) is 10.2 Å². The highest BCUT2D eigenvalue weighted by molar-refractivity contribution is 7.92. The second-order valence-corrected chi connectivity index (χ2v) is 11.5. The molecule has 1 N–H and O–H groups in total. The summed E-state index contributed by atoms with van der Waals surface area (Å²) in [6, 6.07) is 12.6. The fourth-order valence-electron chi connectivity index (χ4n) is 4.32. The van der Waals surface area contributed by atoms with E-state index in [1.54, 1.807) is 48.5 Å². The van der Waals surface area contributed by atoms with Crippen molar-refractivity contribution in [3.63, 3.8) is 0 Å². The van der Waals surface area contributed by atoms with Crippen molar-refractivity contribution in [2.24, 2.45) is 0 Å². The number of carbonyl (C=O) groups is 2. The topological polar surface area (TPSA) is 86.8 Å². The summed E-state index contributed by atoms with van der Waals surface area (Å²) in [5, 5.41) is 3.99. The number of rotatable bonds is 10. The van der Waals surface area contributed by atoms with Gasteiger partial charge in [0.05, 0.1) is 11.9 Å². The SMILES string of the molecule is CCC(C(=O)NC1CCCC1)N(Cc1ccccc1Cl)C(=O)CN(c1ccc(Cl)cc1)S(C)(=O)=O. The molecule has 10 heteroatoms. The number of hydrogen-bond donors (Lipinski definition) is 1. The average molecular weight is 541 g/mol. The molecule has 0 saturated heterocycles. The van der Waals surface area contributed by atoms with E-state index in [2.05, 4.69) is 5.32 Å². The van der Waals surface area contributed by atoms with E-state index in [1.807, 2.05) is 6.92 Å². The zero-order valence-electron chi connectivity index (χ0n) is 19.9. The van der Waals surface area contributed by atoms with Gasteiger partial charge in [-0.15, -0.1) is 0 Å². The Morgan fingerprint density at radius 3 is 2.26 bits per heavy atom. The van der Waals surface area contributed by atoms with Crippen LogP contribution in [0.25, 0.3) is 0 Å². The van der Waals surface area contributed by atoms with E-state index in [0.717, 1.165) is 36.2 Å². The van der Waals surface area contributed by atoms with E-state index in [-0.39, 0.29) is 18.5 Å². The molecule has 0 bridgehead atoms. The molecule has 190 valence electrons. The van der Waals surface area contributed by atoms with Gasteiger partial charge in [0, 0.05) is 22.6 Å². The molecule has 1 atom stereocenters. The van der Waals surface area contributed by atoms with Crippen LogP contribution in [0.4, 0.5) is 5.69 Å². The monoisotopic (exact) mass is 539 g/mol. The number of carbonyl (C=O) groups excluding carboxylic acids is 2. The minimum atomic E-state index is -3.80. The normalized spacial score (nSPS) is 15.0. The minimum absolute atomic E-state index is 0.0767. The summed E-state index contributed by atoms with van der Waals surface area (Å²) in [7, 11) is -3.80. The molecule has 35 heavy (non-hydrogen) atoms. The van der Waals surface area contributed by atoms with Gasteiger partial charge >= 0.3 is 0 Å². The van der Waals surface area contributed by atoms with Crippen LogP contribution in [0, 0.1) is 0 Å². The number of anilines is 1. The lowest BCUT2D eigenvalue weighted by atomic mass is 10.1. The Morgan fingerprint density at radius 1 is 1.06 bits per heavy atom. The Kier molecular flexibility index (Phi) is 9.44. The van der Waals surface area contributed by atoms with Crippen molar-refractivity contribution in [3.8, 4) is 0 Å². The Morgan fingerprint density at radius 2 is 1.69 bits per heavy atom. The largest absolute Gasteiger partial charge is 0.352 e. The molecule has 0 heterocycles. The van der Waals surface area contributed by atoms with Crippen molar-refractivity contribution in [1.29, 1.82) is 0 Å². The Balaban J connectivity index is 1.92. The molecular formula is C25H31Cl2N3O4S. The molecule has 2 aromatic rings. The number of hydrogen-bond acceptors (Lipinski definition) is 4. The van der Waals surface area contributed by atoms with Crippen LogP contribution in [-0.4, -0.2) is 50.0 Å². The predicted molar refractivity (Wildman–Crippen MR) is 140 cm³/mol. The van der Waals surface area contributed by atoms with E-state index in [4.69, 9.17) is 23.2 Å². The summed E-state index contributed by atoms with van der Waals surface area (Å²) >= 11 is 12.3. The number of amides is 2. The van der Waals surface area contributed by atoms with Gasteiger partial charge in [-0.3, -0.25) is 13.9 Å². The number of sulfonamides is 1. The van der Waals surface area contributed by atoms with E-state index in [0.29, 0.717) is 27.7 Å². The average Bonchev–Trinajstić information content (AvgIpc) is 3.31. The molecule has 0 aliphatic heterocycles. The van der Waals surface area contributed by atoms with Crippen LogP contribution in [0.1, 0.15) is 44.6 Å². The summed E-state index contributed by atoms with van der Waals surface area (Å²) in [5.41, 5.74) is 0.985. The van der Waals surface area contributed by atoms with Gasteiger partial charge < -0.3 is 10.2 Å². The summed E-state index contributed by atoms with van der Waals surface area (Å²) in [4.78, 5) is 28.4. The maximum absolute atomic E-state index is 13.7. The number of nitrogens with zero attached hydrogens (tertiary/aromatic N) is 2.